The van der Waals surface area contributed by atoms with E-state index in [0.29, 0.717) is 12.2 Å². The van der Waals surface area contributed by atoms with Gasteiger partial charge in [0.15, 0.2) is 0 Å². The molecule has 0 aliphatic carbocycles. The average Bonchev–Trinajstić information content (AvgIpc) is 2.41. The quantitative estimate of drug-likeness (QED) is 0.678. The Morgan fingerprint density at radius 2 is 2.05 bits per heavy atom. The van der Waals surface area contributed by atoms with Gasteiger partial charge in [0.05, 0.1) is 15.0 Å². The number of halogens is 2. The molecule has 5 nitrogen and oxygen atoms in total. The summed E-state index contributed by atoms with van der Waals surface area (Å²) in [7, 11) is 0. The molecule has 0 saturated carbocycles. The van der Waals surface area contributed by atoms with Crippen molar-refractivity contribution in [3.05, 3.63) is 61.9 Å². The Balaban J connectivity index is 2.27. The van der Waals surface area contributed by atoms with Gasteiger partial charge in [0.25, 0.3) is 5.69 Å². The monoisotopic (exact) mass is 311 g/mol. The summed E-state index contributed by atoms with van der Waals surface area (Å²) in [6.45, 7) is 2.36. The van der Waals surface area contributed by atoms with E-state index in [2.05, 4.69) is 10.3 Å². The second kappa shape index (κ2) is 6.07. The van der Waals surface area contributed by atoms with Crippen molar-refractivity contribution in [3.8, 4) is 0 Å². The predicted molar refractivity (Wildman–Crippen MR) is 79.4 cm³/mol. The number of benzene rings is 1. The molecule has 0 amide bonds. The summed E-state index contributed by atoms with van der Waals surface area (Å²) in [5.74, 6) is 0. The second-order valence-corrected chi connectivity index (χ2v) is 5.01. The van der Waals surface area contributed by atoms with Crippen LogP contribution in [0.5, 0.6) is 0 Å². The standard InChI is InChI=1S/C13H11Cl2N3O2/c1-8-6-16-3-2-9(8)7-17-12-4-10(14)11(15)5-13(12)18(19)20/h2-6,17H,7H2,1H3. The van der Waals surface area contributed by atoms with Crippen LogP contribution in [-0.4, -0.2) is 9.91 Å². The molecule has 0 bridgehead atoms. The zero-order chi connectivity index (χ0) is 14.7. The first-order valence-electron chi connectivity index (χ1n) is 5.76. The van der Waals surface area contributed by atoms with Crippen molar-refractivity contribution >= 4 is 34.6 Å². The molecule has 2 aromatic rings. The average molecular weight is 312 g/mol. The van der Waals surface area contributed by atoms with Gasteiger partial charge in [-0.25, -0.2) is 0 Å². The predicted octanol–water partition coefficient (Wildman–Crippen LogP) is 4.22. The van der Waals surface area contributed by atoms with Crippen molar-refractivity contribution < 1.29 is 4.92 Å². The van der Waals surface area contributed by atoms with Gasteiger partial charge in [-0.05, 0) is 30.2 Å². The minimum absolute atomic E-state index is 0.105. The van der Waals surface area contributed by atoms with E-state index in [-0.39, 0.29) is 15.7 Å². The van der Waals surface area contributed by atoms with Crippen molar-refractivity contribution in [3.63, 3.8) is 0 Å². The Hall–Kier alpha value is -1.85. The number of nitro groups is 1. The number of nitrogens with zero attached hydrogens (tertiary/aromatic N) is 2. The van der Waals surface area contributed by atoms with Crippen molar-refractivity contribution in [2.24, 2.45) is 0 Å². The fourth-order valence-electron chi connectivity index (χ4n) is 1.72. The second-order valence-electron chi connectivity index (χ2n) is 4.20. The Labute approximate surface area is 125 Å². The van der Waals surface area contributed by atoms with Crippen molar-refractivity contribution in [2.75, 3.05) is 5.32 Å². The number of aromatic nitrogens is 1. The molecule has 1 aromatic heterocycles. The van der Waals surface area contributed by atoms with Gasteiger partial charge in [-0.15, -0.1) is 0 Å². The van der Waals surface area contributed by atoms with E-state index in [1.54, 1.807) is 12.4 Å². The minimum Gasteiger partial charge on any atom is -0.375 e. The first-order valence-corrected chi connectivity index (χ1v) is 6.51. The Morgan fingerprint density at radius 3 is 2.70 bits per heavy atom. The molecule has 1 aromatic carbocycles. The molecule has 1 heterocycles. The molecule has 0 aliphatic rings. The van der Waals surface area contributed by atoms with Crippen molar-refractivity contribution in [1.82, 2.24) is 4.98 Å². The highest BCUT2D eigenvalue weighted by molar-refractivity contribution is 6.42. The topological polar surface area (TPSA) is 68.1 Å². The summed E-state index contributed by atoms with van der Waals surface area (Å²) < 4.78 is 0. The van der Waals surface area contributed by atoms with Gasteiger partial charge in [-0.2, -0.15) is 0 Å². The minimum atomic E-state index is -0.496. The molecule has 2 rings (SSSR count). The van der Waals surface area contributed by atoms with E-state index < -0.39 is 4.92 Å². The molecule has 0 fully saturated rings. The molecule has 0 radical (unpaired) electrons. The van der Waals surface area contributed by atoms with E-state index in [4.69, 9.17) is 23.2 Å². The smallest absolute Gasteiger partial charge is 0.293 e. The lowest BCUT2D eigenvalue weighted by Crippen LogP contribution is -2.04. The molecule has 0 unspecified atom stereocenters. The molecule has 0 saturated heterocycles. The fraction of sp³-hybridized carbons (Fsp3) is 0.154. The van der Waals surface area contributed by atoms with E-state index in [9.17, 15) is 10.1 Å². The summed E-state index contributed by atoms with van der Waals surface area (Å²) in [5.41, 5.74) is 2.23. The van der Waals surface area contributed by atoms with Crippen LogP contribution in [0.4, 0.5) is 11.4 Å². The molecular formula is C13H11Cl2N3O2. The molecule has 7 heteroatoms. The Kier molecular flexibility index (Phi) is 4.42. The van der Waals surface area contributed by atoms with Gasteiger partial charge in [0.1, 0.15) is 5.69 Å². The largest absolute Gasteiger partial charge is 0.375 e. The van der Waals surface area contributed by atoms with Gasteiger partial charge in [0.2, 0.25) is 0 Å². The number of pyridine rings is 1. The molecule has 20 heavy (non-hydrogen) atoms. The van der Waals surface area contributed by atoms with Crippen LogP contribution >= 0.6 is 23.2 Å². The number of nitro benzene ring substituents is 1. The van der Waals surface area contributed by atoms with Crippen LogP contribution in [0.2, 0.25) is 10.0 Å². The normalized spacial score (nSPS) is 10.3. The zero-order valence-corrected chi connectivity index (χ0v) is 12.1. The van der Waals surface area contributed by atoms with Gasteiger partial charge in [-0.3, -0.25) is 15.1 Å². The number of hydrogen-bond donors (Lipinski definition) is 1. The first-order chi connectivity index (χ1) is 9.49. The van der Waals surface area contributed by atoms with E-state index in [1.165, 1.54) is 12.1 Å². The van der Waals surface area contributed by atoms with Gasteiger partial charge in [-0.1, -0.05) is 23.2 Å². The lowest BCUT2D eigenvalue weighted by molar-refractivity contribution is -0.383. The van der Waals surface area contributed by atoms with Crippen molar-refractivity contribution in [2.45, 2.75) is 13.5 Å². The number of anilines is 1. The lowest BCUT2D eigenvalue weighted by Gasteiger charge is -2.10. The Bertz CT molecular complexity index is 662. The molecule has 0 atom stereocenters. The van der Waals surface area contributed by atoms with Gasteiger partial charge < -0.3 is 5.32 Å². The van der Waals surface area contributed by atoms with Gasteiger partial charge in [0, 0.05) is 25.0 Å². The van der Waals surface area contributed by atoms with Gasteiger partial charge >= 0.3 is 0 Å². The summed E-state index contributed by atoms with van der Waals surface area (Å²) in [5, 5.41) is 14.5. The summed E-state index contributed by atoms with van der Waals surface area (Å²) >= 11 is 11.7. The van der Waals surface area contributed by atoms with Crippen LogP contribution in [-0.2, 0) is 6.54 Å². The highest BCUT2D eigenvalue weighted by Crippen LogP contribution is 2.34. The fourth-order valence-corrected chi connectivity index (χ4v) is 2.04. The highest BCUT2D eigenvalue weighted by atomic mass is 35.5. The summed E-state index contributed by atoms with van der Waals surface area (Å²) in [6.07, 6.45) is 3.41. The van der Waals surface area contributed by atoms with Crippen LogP contribution in [0.1, 0.15) is 11.1 Å². The number of rotatable bonds is 4. The Morgan fingerprint density at radius 1 is 1.35 bits per heavy atom. The summed E-state index contributed by atoms with van der Waals surface area (Å²) in [4.78, 5) is 14.5. The van der Waals surface area contributed by atoms with Crippen LogP contribution in [0.3, 0.4) is 0 Å². The number of hydrogen-bond acceptors (Lipinski definition) is 4. The third-order valence-corrected chi connectivity index (χ3v) is 3.56. The number of aryl methyl sites for hydroxylation is 1. The lowest BCUT2D eigenvalue weighted by atomic mass is 10.1. The molecule has 0 spiro atoms. The van der Waals surface area contributed by atoms with E-state index >= 15 is 0 Å². The third-order valence-electron chi connectivity index (χ3n) is 2.84. The third kappa shape index (κ3) is 3.18. The zero-order valence-electron chi connectivity index (χ0n) is 10.6. The van der Waals surface area contributed by atoms with E-state index in [1.807, 2.05) is 13.0 Å². The number of nitrogens with one attached hydrogen (secondary N) is 1. The summed E-state index contributed by atoms with van der Waals surface area (Å²) in [6, 6.07) is 4.55. The molecule has 104 valence electrons. The van der Waals surface area contributed by atoms with E-state index in [0.717, 1.165) is 11.1 Å². The SMILES string of the molecule is Cc1cnccc1CNc1cc(Cl)c(Cl)cc1[N+](=O)[O-]. The van der Waals surface area contributed by atoms with Crippen molar-refractivity contribution in [1.29, 1.82) is 0 Å². The van der Waals surface area contributed by atoms with Crippen LogP contribution in [0, 0.1) is 17.0 Å². The first kappa shape index (κ1) is 14.6. The highest BCUT2D eigenvalue weighted by Gasteiger charge is 2.16. The van der Waals surface area contributed by atoms with Crippen LogP contribution in [0.25, 0.3) is 0 Å². The molecule has 1 N–H and O–H groups in total. The molecule has 0 aliphatic heterocycles. The van der Waals surface area contributed by atoms with Crippen LogP contribution < -0.4 is 5.32 Å². The molecular weight excluding hydrogens is 301 g/mol. The maximum Gasteiger partial charge on any atom is 0.293 e. The van der Waals surface area contributed by atoms with Crippen LogP contribution in [0.15, 0.2) is 30.6 Å². The maximum absolute atomic E-state index is 11.0. The maximum atomic E-state index is 11.0.